The quantitative estimate of drug-likeness (QED) is 0.178. The first-order chi connectivity index (χ1) is 9.76. The third kappa shape index (κ3) is 4.23. The fourth-order valence-corrected chi connectivity index (χ4v) is 4.30. The van der Waals surface area contributed by atoms with Crippen LogP contribution >= 0.6 is 19.9 Å². The van der Waals surface area contributed by atoms with E-state index in [0.29, 0.717) is 23.5 Å². The van der Waals surface area contributed by atoms with Gasteiger partial charge in [0.1, 0.15) is 0 Å². The number of nitrogens with zero attached hydrogens (tertiary/aromatic N) is 1. The summed E-state index contributed by atoms with van der Waals surface area (Å²) in [6, 6.07) is -0.118. The molecule has 22 heavy (non-hydrogen) atoms. The SMILES string of the molecule is CC[C@H]1C(=O)N2C(C(=O)[O-])=C(SCCN[P+]([O-])(O)O)C[C@H]12.[Na+]. The molecule has 0 aliphatic carbocycles. The molecule has 0 aromatic carbocycles. The van der Waals surface area contributed by atoms with Gasteiger partial charge in [-0.05, 0) is 6.42 Å². The van der Waals surface area contributed by atoms with E-state index in [1.165, 1.54) is 16.7 Å². The van der Waals surface area contributed by atoms with Gasteiger partial charge in [-0.1, -0.05) is 6.92 Å². The molecular formula is C11H16N2NaO6PS. The minimum Gasteiger partial charge on any atom is -0.617 e. The third-order valence-electron chi connectivity index (χ3n) is 3.58. The van der Waals surface area contributed by atoms with Crippen molar-refractivity contribution < 1.29 is 58.9 Å². The van der Waals surface area contributed by atoms with Crippen LogP contribution < -0.4 is 44.6 Å². The van der Waals surface area contributed by atoms with Crippen molar-refractivity contribution in [2.24, 2.45) is 5.92 Å². The standard InChI is InChI=1S/C11H17N2O6PS.Na/c1-2-6-7-5-8(21-4-3-12-20(17,18)19)9(11(15)16)13(7)10(6)14;/h6-7H,2-5H2,1H3,(H,15,16)(H3,12,17,18,19);/q;+1/p-1/t6-,7-;/m1./s1. The summed E-state index contributed by atoms with van der Waals surface area (Å²) in [5.41, 5.74) is -0.0871. The second-order valence-corrected chi connectivity index (χ2v) is 7.45. The second-order valence-electron chi connectivity index (χ2n) is 4.85. The number of thioether (sulfide) groups is 1. The largest absolute Gasteiger partial charge is 1.00 e. The number of fused-ring (bicyclic) bond motifs is 1. The van der Waals surface area contributed by atoms with Crippen molar-refractivity contribution in [3.8, 4) is 0 Å². The Kier molecular flexibility index (Phi) is 7.32. The molecule has 0 radical (unpaired) electrons. The molecule has 0 spiro atoms. The van der Waals surface area contributed by atoms with Gasteiger partial charge in [-0.25, -0.2) is 9.79 Å². The summed E-state index contributed by atoms with van der Waals surface area (Å²) in [4.78, 5) is 52.9. The van der Waals surface area contributed by atoms with Crippen LogP contribution in [0.15, 0.2) is 10.6 Å². The molecule has 2 aliphatic heterocycles. The maximum absolute atomic E-state index is 11.9. The molecule has 2 rings (SSSR count). The molecule has 118 valence electrons. The minimum absolute atomic E-state index is 0. The summed E-state index contributed by atoms with van der Waals surface area (Å²) in [5.74, 6) is -1.43. The summed E-state index contributed by atoms with van der Waals surface area (Å²) in [6.45, 7) is 1.92. The summed E-state index contributed by atoms with van der Waals surface area (Å²) in [7, 11) is -4.27. The molecule has 0 unspecified atom stereocenters. The number of hydrogen-bond donors (Lipinski definition) is 3. The first kappa shape index (κ1) is 20.3. The van der Waals surface area contributed by atoms with Gasteiger partial charge in [0.2, 0.25) is 5.91 Å². The summed E-state index contributed by atoms with van der Waals surface area (Å²) in [6.07, 6.45) is 1.13. The van der Waals surface area contributed by atoms with Gasteiger partial charge in [0.05, 0.1) is 23.6 Å². The summed E-state index contributed by atoms with van der Waals surface area (Å²) in [5, 5.41) is 13.3. The molecule has 2 atom stereocenters. The zero-order valence-corrected chi connectivity index (χ0v) is 16.0. The average Bonchev–Trinajstić information content (AvgIpc) is 2.69. The van der Waals surface area contributed by atoms with E-state index in [2.05, 4.69) is 0 Å². The first-order valence-electron chi connectivity index (χ1n) is 6.47. The van der Waals surface area contributed by atoms with Crippen molar-refractivity contribution >= 4 is 31.7 Å². The van der Waals surface area contributed by atoms with Crippen molar-refractivity contribution in [1.82, 2.24) is 9.99 Å². The minimum atomic E-state index is -4.27. The van der Waals surface area contributed by atoms with Gasteiger partial charge in [-0.15, -0.1) is 16.8 Å². The Morgan fingerprint density at radius 3 is 2.68 bits per heavy atom. The van der Waals surface area contributed by atoms with Crippen LogP contribution in [0.3, 0.4) is 0 Å². The van der Waals surface area contributed by atoms with Gasteiger partial charge in [0.25, 0.3) is 0 Å². The van der Waals surface area contributed by atoms with E-state index in [4.69, 9.17) is 9.79 Å². The van der Waals surface area contributed by atoms with Gasteiger partial charge in [-0.2, -0.15) is 0 Å². The van der Waals surface area contributed by atoms with Crippen LogP contribution in [-0.4, -0.2) is 44.9 Å². The Bertz CT molecular complexity index is 497. The average molecular weight is 358 g/mol. The number of β-lactam (4-membered cyclic amide) rings is 1. The molecule has 1 saturated heterocycles. The normalized spacial score (nSPS) is 24.0. The van der Waals surface area contributed by atoms with Gasteiger partial charge in [0, 0.05) is 23.6 Å². The molecule has 0 bridgehead atoms. The monoisotopic (exact) mass is 358 g/mol. The van der Waals surface area contributed by atoms with E-state index in [0.717, 1.165) is 0 Å². The predicted molar refractivity (Wildman–Crippen MR) is 72.9 cm³/mol. The molecule has 8 nitrogen and oxygen atoms in total. The Morgan fingerprint density at radius 1 is 1.55 bits per heavy atom. The zero-order chi connectivity index (χ0) is 15.8. The molecule has 11 heteroatoms. The number of rotatable bonds is 7. The van der Waals surface area contributed by atoms with E-state index in [-0.39, 0.29) is 59.7 Å². The molecule has 1 amide bonds. The smallest absolute Gasteiger partial charge is 0.617 e. The van der Waals surface area contributed by atoms with Crippen LogP contribution in [0, 0.1) is 5.92 Å². The molecule has 0 aromatic heterocycles. The first-order valence-corrected chi connectivity index (χ1v) is 9.07. The van der Waals surface area contributed by atoms with Crippen LogP contribution in [0.5, 0.6) is 0 Å². The molecular weight excluding hydrogens is 342 g/mol. The van der Waals surface area contributed by atoms with Crippen molar-refractivity contribution in [2.45, 2.75) is 25.8 Å². The summed E-state index contributed by atoms with van der Waals surface area (Å²) >= 11 is 1.18. The van der Waals surface area contributed by atoms with Gasteiger partial charge in [0.15, 0.2) is 0 Å². The van der Waals surface area contributed by atoms with Crippen molar-refractivity contribution in [1.29, 1.82) is 0 Å². The Labute approximate surface area is 154 Å². The third-order valence-corrected chi connectivity index (χ3v) is 5.33. The number of nitrogens with one attached hydrogen (secondary N) is 1. The van der Waals surface area contributed by atoms with Gasteiger partial charge < -0.3 is 19.7 Å². The Hall–Kier alpha value is 0.300. The zero-order valence-electron chi connectivity index (χ0n) is 12.3. The van der Waals surface area contributed by atoms with Crippen molar-refractivity contribution in [3.63, 3.8) is 0 Å². The van der Waals surface area contributed by atoms with Crippen LogP contribution in [-0.2, 0) is 9.59 Å². The number of hydrogen-bond acceptors (Lipinski definition) is 8. The molecule has 0 aromatic rings. The fraction of sp³-hybridized carbons (Fsp3) is 0.636. The van der Waals surface area contributed by atoms with E-state index in [9.17, 15) is 19.6 Å². The number of aliphatic carboxylic acids is 1. The maximum Gasteiger partial charge on any atom is 1.00 e. The number of amides is 1. The Morgan fingerprint density at radius 2 is 2.18 bits per heavy atom. The number of carbonyl (C=O) groups excluding carboxylic acids is 2. The molecule has 3 N–H and O–H groups in total. The Balaban J connectivity index is 0.00000242. The van der Waals surface area contributed by atoms with E-state index in [1.807, 2.05) is 12.0 Å². The molecule has 0 saturated carbocycles. The molecule has 2 heterocycles. The number of carboxylic acid groups (broad SMARTS) is 1. The van der Waals surface area contributed by atoms with Gasteiger partial charge in [-0.3, -0.25) is 4.79 Å². The van der Waals surface area contributed by atoms with E-state index >= 15 is 0 Å². The fourth-order valence-electron chi connectivity index (χ4n) is 2.69. The number of carboxylic acids is 1. The maximum atomic E-state index is 11.9. The second kappa shape index (κ2) is 7.92. The van der Waals surface area contributed by atoms with Gasteiger partial charge >= 0.3 is 37.7 Å². The van der Waals surface area contributed by atoms with Crippen LogP contribution in [0.2, 0.25) is 0 Å². The van der Waals surface area contributed by atoms with E-state index < -0.39 is 14.1 Å². The predicted octanol–water partition coefficient (Wildman–Crippen LogP) is -5.06. The van der Waals surface area contributed by atoms with Crippen LogP contribution in [0.25, 0.3) is 0 Å². The van der Waals surface area contributed by atoms with E-state index in [1.54, 1.807) is 0 Å². The molecule has 2 aliphatic rings. The molecule has 1 fully saturated rings. The number of carbonyl (C=O) groups is 2. The van der Waals surface area contributed by atoms with Crippen LogP contribution in [0.1, 0.15) is 19.8 Å². The summed E-state index contributed by atoms with van der Waals surface area (Å²) < 4.78 is 0. The van der Waals surface area contributed by atoms with Crippen LogP contribution in [0.4, 0.5) is 0 Å². The van der Waals surface area contributed by atoms with Crippen molar-refractivity contribution in [2.75, 3.05) is 12.3 Å². The van der Waals surface area contributed by atoms with Crippen molar-refractivity contribution in [3.05, 3.63) is 10.6 Å². The topological polar surface area (TPSA) is 136 Å².